The molecule has 0 radical (unpaired) electrons. The highest BCUT2D eigenvalue weighted by molar-refractivity contribution is 5.96. The van der Waals surface area contributed by atoms with E-state index < -0.39 is 12.0 Å². The fourth-order valence-corrected chi connectivity index (χ4v) is 1.60. The summed E-state index contributed by atoms with van der Waals surface area (Å²) in [4.78, 5) is 23.1. The van der Waals surface area contributed by atoms with Crippen molar-refractivity contribution in [3.05, 3.63) is 35.9 Å². The fourth-order valence-electron chi connectivity index (χ4n) is 1.60. The third-order valence-electron chi connectivity index (χ3n) is 2.73. The Kier molecular flexibility index (Phi) is 5.06. The molecule has 1 aromatic carbocycles. The summed E-state index contributed by atoms with van der Waals surface area (Å²) in [6.07, 6.45) is 0.400. The zero-order chi connectivity index (χ0) is 14.5. The van der Waals surface area contributed by atoms with Crippen LogP contribution in [-0.4, -0.2) is 55.2 Å². The molecule has 1 rings (SSSR count). The minimum Gasteiger partial charge on any atom is -0.480 e. The number of benzene rings is 1. The summed E-state index contributed by atoms with van der Waals surface area (Å²) in [7, 11) is 5.95. The molecule has 0 saturated heterocycles. The number of carboxylic acid groups (broad SMARTS) is 1. The second-order valence-electron chi connectivity index (χ2n) is 5.53. The number of carbonyl (C=O) groups excluding carboxylic acids is 1. The molecule has 5 nitrogen and oxygen atoms in total. The molecular weight excluding hydrogens is 244 g/mol. The highest BCUT2D eigenvalue weighted by Crippen LogP contribution is 2.03. The lowest BCUT2D eigenvalue weighted by atomic mass is 10.1. The zero-order valence-electron chi connectivity index (χ0n) is 11.6. The van der Waals surface area contributed by atoms with E-state index in [0.717, 1.165) is 0 Å². The quantitative estimate of drug-likeness (QED) is 0.753. The molecule has 1 unspecified atom stereocenters. The van der Waals surface area contributed by atoms with Crippen LogP contribution in [-0.2, 0) is 4.79 Å². The summed E-state index contributed by atoms with van der Waals surface area (Å²) in [6.45, 7) is 0.673. The lowest BCUT2D eigenvalue weighted by molar-refractivity contribution is -0.870. The predicted octanol–water partition coefficient (Wildman–Crippen LogP) is 0.966. The van der Waals surface area contributed by atoms with Crippen LogP contribution in [0.2, 0.25) is 0 Å². The van der Waals surface area contributed by atoms with E-state index in [-0.39, 0.29) is 5.91 Å². The van der Waals surface area contributed by atoms with E-state index in [1.165, 1.54) is 0 Å². The minimum atomic E-state index is -1.00. The summed E-state index contributed by atoms with van der Waals surface area (Å²) in [5, 5.41) is 11.7. The maximum absolute atomic E-state index is 11.9. The van der Waals surface area contributed by atoms with E-state index in [4.69, 9.17) is 5.11 Å². The second kappa shape index (κ2) is 6.33. The van der Waals surface area contributed by atoms with E-state index >= 15 is 0 Å². The lowest BCUT2D eigenvalue weighted by Crippen LogP contribution is -2.45. The van der Waals surface area contributed by atoms with Gasteiger partial charge in [-0.1, -0.05) is 18.2 Å². The van der Waals surface area contributed by atoms with E-state index in [1.807, 2.05) is 27.2 Å². The van der Waals surface area contributed by atoms with Crippen molar-refractivity contribution < 1.29 is 19.2 Å². The Labute approximate surface area is 113 Å². The molecule has 0 bridgehead atoms. The number of carboxylic acids is 1. The third-order valence-corrected chi connectivity index (χ3v) is 2.73. The molecule has 5 heteroatoms. The van der Waals surface area contributed by atoms with E-state index in [2.05, 4.69) is 5.32 Å². The van der Waals surface area contributed by atoms with Crippen molar-refractivity contribution in [3.63, 3.8) is 0 Å². The zero-order valence-corrected chi connectivity index (χ0v) is 11.6. The number of nitrogens with one attached hydrogen (secondary N) is 1. The second-order valence-corrected chi connectivity index (χ2v) is 5.53. The number of quaternary nitrogens is 1. The van der Waals surface area contributed by atoms with Gasteiger partial charge in [-0.3, -0.25) is 4.79 Å². The number of amides is 1. The summed E-state index contributed by atoms with van der Waals surface area (Å²) in [5.41, 5.74) is 0.471. The van der Waals surface area contributed by atoms with Crippen LogP contribution in [0.5, 0.6) is 0 Å². The summed E-state index contributed by atoms with van der Waals surface area (Å²) < 4.78 is 0.658. The first-order valence-corrected chi connectivity index (χ1v) is 6.19. The Morgan fingerprint density at radius 3 is 2.26 bits per heavy atom. The van der Waals surface area contributed by atoms with Gasteiger partial charge in [0.15, 0.2) is 0 Å². The number of nitrogens with zero attached hydrogens (tertiary/aromatic N) is 1. The number of carbonyl (C=O) groups is 2. The van der Waals surface area contributed by atoms with E-state index in [0.29, 0.717) is 23.0 Å². The largest absolute Gasteiger partial charge is 0.480 e. The highest BCUT2D eigenvalue weighted by atomic mass is 16.4. The molecule has 0 aliphatic rings. The van der Waals surface area contributed by atoms with Gasteiger partial charge in [0.2, 0.25) is 0 Å². The first kappa shape index (κ1) is 15.2. The molecule has 0 aliphatic carbocycles. The summed E-state index contributed by atoms with van der Waals surface area (Å²) in [6, 6.07) is 7.77. The number of aliphatic carboxylic acids is 1. The van der Waals surface area contributed by atoms with Crippen LogP contribution in [0.1, 0.15) is 16.8 Å². The first-order chi connectivity index (χ1) is 8.79. The Hall–Kier alpha value is -1.88. The van der Waals surface area contributed by atoms with Crippen LogP contribution >= 0.6 is 0 Å². The Morgan fingerprint density at radius 2 is 1.79 bits per heavy atom. The van der Waals surface area contributed by atoms with Crippen LogP contribution in [0.15, 0.2) is 30.3 Å². The third kappa shape index (κ3) is 5.52. The molecule has 2 N–H and O–H groups in total. The van der Waals surface area contributed by atoms with Crippen LogP contribution in [0, 0.1) is 0 Å². The van der Waals surface area contributed by atoms with Gasteiger partial charge in [-0.2, -0.15) is 0 Å². The van der Waals surface area contributed by atoms with Gasteiger partial charge in [-0.15, -0.1) is 0 Å². The summed E-state index contributed by atoms with van der Waals surface area (Å²) >= 11 is 0. The highest BCUT2D eigenvalue weighted by Gasteiger charge is 2.23. The molecule has 1 aromatic rings. The van der Waals surface area contributed by atoms with Crippen LogP contribution in [0.4, 0.5) is 0 Å². The van der Waals surface area contributed by atoms with Gasteiger partial charge in [-0.25, -0.2) is 4.79 Å². The van der Waals surface area contributed by atoms with Crippen LogP contribution in [0.25, 0.3) is 0 Å². The molecule has 0 heterocycles. The Morgan fingerprint density at radius 1 is 1.21 bits per heavy atom. The van der Waals surface area contributed by atoms with Crippen molar-refractivity contribution in [3.8, 4) is 0 Å². The van der Waals surface area contributed by atoms with Gasteiger partial charge in [0.25, 0.3) is 5.91 Å². The molecule has 1 atom stereocenters. The number of rotatable bonds is 6. The molecular formula is C14H21N2O3+. The van der Waals surface area contributed by atoms with Crippen molar-refractivity contribution >= 4 is 11.9 Å². The molecule has 0 spiro atoms. The monoisotopic (exact) mass is 265 g/mol. The van der Waals surface area contributed by atoms with Crippen molar-refractivity contribution in [2.45, 2.75) is 12.5 Å². The SMILES string of the molecule is C[N+](C)(C)CCC(NC(=O)c1ccccc1)C(=O)O. The molecule has 0 fully saturated rings. The van der Waals surface area contributed by atoms with Gasteiger partial charge >= 0.3 is 5.97 Å². The Bertz CT molecular complexity index is 438. The van der Waals surface area contributed by atoms with Gasteiger partial charge < -0.3 is 14.9 Å². The minimum absolute atomic E-state index is 0.352. The van der Waals surface area contributed by atoms with Gasteiger partial charge in [0.05, 0.1) is 27.7 Å². The van der Waals surface area contributed by atoms with Gasteiger partial charge in [-0.05, 0) is 12.1 Å². The average Bonchev–Trinajstić information content (AvgIpc) is 2.33. The molecule has 0 aliphatic heterocycles. The average molecular weight is 265 g/mol. The smallest absolute Gasteiger partial charge is 0.326 e. The maximum Gasteiger partial charge on any atom is 0.326 e. The molecule has 0 saturated carbocycles. The molecule has 0 aromatic heterocycles. The van der Waals surface area contributed by atoms with E-state index in [1.54, 1.807) is 24.3 Å². The number of hydrogen-bond donors (Lipinski definition) is 2. The Balaban J connectivity index is 2.64. The standard InChI is InChI=1S/C14H20N2O3/c1-16(2,3)10-9-12(14(18)19)15-13(17)11-7-5-4-6-8-11/h4-8,12H,9-10H2,1-3H3,(H-,15,17,18,19)/p+1. The molecule has 1 amide bonds. The van der Waals surface area contributed by atoms with Crippen molar-refractivity contribution in [2.24, 2.45) is 0 Å². The van der Waals surface area contributed by atoms with Gasteiger partial charge in [0.1, 0.15) is 6.04 Å². The van der Waals surface area contributed by atoms with Crippen molar-refractivity contribution in [1.29, 1.82) is 0 Å². The molecule has 104 valence electrons. The normalized spacial score (nSPS) is 12.8. The van der Waals surface area contributed by atoms with E-state index in [9.17, 15) is 9.59 Å². The van der Waals surface area contributed by atoms with Gasteiger partial charge in [0, 0.05) is 12.0 Å². The van der Waals surface area contributed by atoms with Crippen molar-refractivity contribution in [1.82, 2.24) is 5.32 Å². The lowest BCUT2D eigenvalue weighted by Gasteiger charge is -2.25. The molecule has 19 heavy (non-hydrogen) atoms. The first-order valence-electron chi connectivity index (χ1n) is 6.19. The topological polar surface area (TPSA) is 66.4 Å². The maximum atomic E-state index is 11.9. The summed E-state index contributed by atoms with van der Waals surface area (Å²) in [5.74, 6) is -1.35. The van der Waals surface area contributed by atoms with Crippen LogP contribution in [0.3, 0.4) is 0 Å². The van der Waals surface area contributed by atoms with Crippen molar-refractivity contribution in [2.75, 3.05) is 27.7 Å². The fraction of sp³-hybridized carbons (Fsp3) is 0.429. The number of hydrogen-bond acceptors (Lipinski definition) is 2. The van der Waals surface area contributed by atoms with Crippen LogP contribution < -0.4 is 5.32 Å². The predicted molar refractivity (Wildman–Crippen MR) is 72.8 cm³/mol.